The molecule has 0 saturated heterocycles. The standard InChI is InChI=1S/C19H20FN5O/c20-13-3-1-12(2-4-13)18-17(16-11-26-10-9-25(16)23-18)15-7-8-24(14-5-6-14)19(21)22-15/h1-4,7-8,14,19H,5-6,9-11,21H2. The molecule has 2 aromatic rings. The zero-order chi connectivity index (χ0) is 17.7. The number of fused-ring (bicyclic) bond motifs is 1. The third kappa shape index (κ3) is 2.64. The SMILES string of the molecule is NC1N=C(c2c(-c3ccc(F)cc3)nn3c2COCC3)C=CN1C1CC1. The molecule has 1 aromatic heterocycles. The average molecular weight is 353 g/mol. The van der Waals surface area contributed by atoms with Gasteiger partial charge in [0, 0.05) is 17.8 Å². The molecule has 26 heavy (non-hydrogen) atoms. The lowest BCUT2D eigenvalue weighted by Crippen LogP contribution is -2.41. The van der Waals surface area contributed by atoms with Crippen LogP contribution >= 0.6 is 0 Å². The number of aromatic nitrogens is 2. The lowest BCUT2D eigenvalue weighted by Gasteiger charge is -2.28. The van der Waals surface area contributed by atoms with Crippen molar-refractivity contribution >= 4 is 5.71 Å². The van der Waals surface area contributed by atoms with Crippen molar-refractivity contribution in [1.29, 1.82) is 0 Å². The molecule has 5 rings (SSSR count). The van der Waals surface area contributed by atoms with Crippen molar-refractivity contribution in [1.82, 2.24) is 14.7 Å². The second kappa shape index (κ2) is 6.03. The van der Waals surface area contributed by atoms with Gasteiger partial charge in [-0.3, -0.25) is 10.4 Å². The lowest BCUT2D eigenvalue weighted by atomic mass is 10.0. The van der Waals surface area contributed by atoms with E-state index in [1.54, 1.807) is 12.1 Å². The van der Waals surface area contributed by atoms with Gasteiger partial charge in [0.15, 0.2) is 6.29 Å². The number of aliphatic imine (C=N–C) groups is 1. The molecule has 2 N–H and O–H groups in total. The first-order valence-electron chi connectivity index (χ1n) is 8.93. The molecule has 0 bridgehead atoms. The zero-order valence-electron chi connectivity index (χ0n) is 14.3. The Morgan fingerprint density at radius 2 is 2.00 bits per heavy atom. The highest BCUT2D eigenvalue weighted by Gasteiger charge is 2.33. The van der Waals surface area contributed by atoms with Crippen molar-refractivity contribution in [2.24, 2.45) is 10.7 Å². The Bertz CT molecular complexity index is 897. The summed E-state index contributed by atoms with van der Waals surface area (Å²) >= 11 is 0. The highest BCUT2D eigenvalue weighted by atomic mass is 19.1. The topological polar surface area (TPSA) is 68.7 Å². The highest BCUT2D eigenvalue weighted by molar-refractivity contribution is 6.13. The van der Waals surface area contributed by atoms with Crippen LogP contribution < -0.4 is 5.73 Å². The Kier molecular flexibility index (Phi) is 3.65. The van der Waals surface area contributed by atoms with Crippen LogP contribution in [0, 0.1) is 5.82 Å². The van der Waals surface area contributed by atoms with Crippen LogP contribution in [0.4, 0.5) is 4.39 Å². The Balaban J connectivity index is 1.61. The molecule has 0 radical (unpaired) electrons. The van der Waals surface area contributed by atoms with Crippen LogP contribution in [0.5, 0.6) is 0 Å². The van der Waals surface area contributed by atoms with E-state index < -0.39 is 0 Å². The lowest BCUT2D eigenvalue weighted by molar-refractivity contribution is 0.0799. The predicted molar refractivity (Wildman–Crippen MR) is 95.8 cm³/mol. The van der Waals surface area contributed by atoms with Gasteiger partial charge < -0.3 is 9.64 Å². The van der Waals surface area contributed by atoms with E-state index in [0.717, 1.165) is 28.2 Å². The van der Waals surface area contributed by atoms with Crippen molar-refractivity contribution in [3.8, 4) is 11.3 Å². The van der Waals surface area contributed by atoms with Crippen LogP contribution in [0.25, 0.3) is 11.3 Å². The minimum absolute atomic E-state index is 0.264. The summed E-state index contributed by atoms with van der Waals surface area (Å²) in [6.45, 7) is 1.81. The summed E-state index contributed by atoms with van der Waals surface area (Å²) in [4.78, 5) is 6.83. The molecule has 134 valence electrons. The van der Waals surface area contributed by atoms with Crippen LogP contribution in [0.2, 0.25) is 0 Å². The van der Waals surface area contributed by atoms with Crippen LogP contribution in [-0.2, 0) is 17.9 Å². The molecule has 1 unspecified atom stereocenters. The Hall–Kier alpha value is -2.51. The third-order valence-corrected chi connectivity index (χ3v) is 5.07. The third-order valence-electron chi connectivity index (χ3n) is 5.07. The van der Waals surface area contributed by atoms with Crippen molar-refractivity contribution < 1.29 is 9.13 Å². The van der Waals surface area contributed by atoms with E-state index in [-0.39, 0.29) is 12.1 Å². The molecule has 0 spiro atoms. The summed E-state index contributed by atoms with van der Waals surface area (Å²) in [5, 5.41) is 4.76. The molecule has 0 amide bonds. The van der Waals surface area contributed by atoms with Crippen molar-refractivity contribution in [3.63, 3.8) is 0 Å². The molecule has 1 aromatic carbocycles. The largest absolute Gasteiger partial charge is 0.373 e. The van der Waals surface area contributed by atoms with Gasteiger partial charge >= 0.3 is 0 Å². The molecule has 3 heterocycles. The first-order chi connectivity index (χ1) is 12.7. The molecule has 1 saturated carbocycles. The fourth-order valence-electron chi connectivity index (χ4n) is 3.58. The van der Waals surface area contributed by atoms with Crippen LogP contribution in [0.1, 0.15) is 24.1 Å². The summed E-state index contributed by atoms with van der Waals surface area (Å²) in [5.41, 5.74) is 10.7. The molecule has 1 fully saturated rings. The Morgan fingerprint density at radius 1 is 1.19 bits per heavy atom. The van der Waals surface area contributed by atoms with Gasteiger partial charge in [0.05, 0.1) is 36.7 Å². The number of hydrogen-bond donors (Lipinski definition) is 1. The minimum atomic E-state index is -0.386. The zero-order valence-corrected chi connectivity index (χ0v) is 14.3. The number of ether oxygens (including phenoxy) is 1. The normalized spacial score (nSPS) is 22.3. The predicted octanol–water partition coefficient (Wildman–Crippen LogP) is 2.24. The number of allylic oxidation sites excluding steroid dienone is 1. The summed E-state index contributed by atoms with van der Waals surface area (Å²) in [6.07, 6.45) is 5.99. The van der Waals surface area contributed by atoms with Crippen molar-refractivity contribution in [3.05, 3.63) is 53.6 Å². The van der Waals surface area contributed by atoms with E-state index in [4.69, 9.17) is 20.6 Å². The van der Waals surface area contributed by atoms with Gasteiger partial charge in [-0.1, -0.05) is 0 Å². The van der Waals surface area contributed by atoms with E-state index in [9.17, 15) is 4.39 Å². The van der Waals surface area contributed by atoms with Gasteiger partial charge in [0.1, 0.15) is 11.5 Å². The second-order valence-electron chi connectivity index (χ2n) is 6.87. The van der Waals surface area contributed by atoms with E-state index >= 15 is 0 Å². The number of nitrogens with two attached hydrogens (primary N) is 1. The van der Waals surface area contributed by atoms with Gasteiger partial charge in [0.25, 0.3) is 0 Å². The van der Waals surface area contributed by atoms with E-state index in [1.165, 1.54) is 25.0 Å². The molecule has 3 aliphatic rings. The second-order valence-corrected chi connectivity index (χ2v) is 6.87. The van der Waals surface area contributed by atoms with Crippen LogP contribution in [0.3, 0.4) is 0 Å². The highest BCUT2D eigenvalue weighted by Crippen LogP contribution is 2.33. The van der Waals surface area contributed by atoms with Crippen molar-refractivity contribution in [2.45, 2.75) is 38.3 Å². The van der Waals surface area contributed by atoms with Gasteiger partial charge in [-0.25, -0.2) is 9.38 Å². The van der Waals surface area contributed by atoms with Gasteiger partial charge in [0.2, 0.25) is 0 Å². The van der Waals surface area contributed by atoms with Crippen molar-refractivity contribution in [2.75, 3.05) is 6.61 Å². The van der Waals surface area contributed by atoms with Gasteiger partial charge in [-0.05, 0) is 43.2 Å². The maximum Gasteiger partial charge on any atom is 0.174 e. The Morgan fingerprint density at radius 3 is 2.73 bits per heavy atom. The molecule has 6 nitrogen and oxygen atoms in total. The summed E-state index contributed by atoms with van der Waals surface area (Å²) in [5.74, 6) is -0.264. The quantitative estimate of drug-likeness (QED) is 0.919. The minimum Gasteiger partial charge on any atom is -0.373 e. The fraction of sp³-hybridized carbons (Fsp3) is 0.368. The monoisotopic (exact) mass is 353 g/mol. The summed E-state index contributed by atoms with van der Waals surface area (Å²) in [6, 6.07) is 6.90. The summed E-state index contributed by atoms with van der Waals surface area (Å²) < 4.78 is 21.0. The van der Waals surface area contributed by atoms with Crippen LogP contribution in [-0.4, -0.2) is 39.3 Å². The average Bonchev–Trinajstić information content (AvgIpc) is 3.42. The number of halogens is 1. The molecule has 1 atom stereocenters. The van der Waals surface area contributed by atoms with Gasteiger partial charge in [-0.15, -0.1) is 0 Å². The number of nitrogens with zero attached hydrogens (tertiary/aromatic N) is 4. The maximum absolute atomic E-state index is 13.4. The molecular formula is C19H20FN5O. The Labute approximate surface area is 150 Å². The number of rotatable bonds is 3. The molecule has 1 aliphatic carbocycles. The number of benzene rings is 1. The van der Waals surface area contributed by atoms with E-state index in [0.29, 0.717) is 25.8 Å². The van der Waals surface area contributed by atoms with Gasteiger partial charge in [-0.2, -0.15) is 5.10 Å². The first-order valence-corrected chi connectivity index (χ1v) is 8.93. The number of hydrogen-bond acceptors (Lipinski definition) is 5. The van der Waals surface area contributed by atoms with E-state index in [2.05, 4.69) is 4.90 Å². The molecule has 7 heteroatoms. The van der Waals surface area contributed by atoms with E-state index in [1.807, 2.05) is 17.0 Å². The maximum atomic E-state index is 13.4. The fourth-order valence-corrected chi connectivity index (χ4v) is 3.58. The smallest absolute Gasteiger partial charge is 0.174 e. The first kappa shape index (κ1) is 15.7. The molecule has 2 aliphatic heterocycles. The van der Waals surface area contributed by atoms with Crippen LogP contribution in [0.15, 0.2) is 41.5 Å². The molecular weight excluding hydrogens is 333 g/mol. The summed E-state index contributed by atoms with van der Waals surface area (Å²) in [7, 11) is 0.